The Morgan fingerprint density at radius 1 is 1.42 bits per heavy atom. The third kappa shape index (κ3) is 8.27. The minimum absolute atomic E-state index is 0.0307. The number of carbonyl (C=O) groups excluding carboxylic acids is 1. The highest BCUT2D eigenvalue weighted by molar-refractivity contribution is 7.98. The molecule has 0 rings (SSSR count). The second kappa shape index (κ2) is 9.26. The zero-order valence-corrected chi connectivity index (χ0v) is 9.22. The van der Waals surface area contributed by atoms with Crippen molar-refractivity contribution in [2.45, 2.75) is 19.3 Å². The first-order chi connectivity index (χ1) is 5.81. The van der Waals surface area contributed by atoms with Crippen LogP contribution >= 0.6 is 24.4 Å². The fourth-order valence-corrected chi connectivity index (χ4v) is 1.44. The molecule has 1 N–H and O–H groups in total. The summed E-state index contributed by atoms with van der Waals surface area (Å²) in [5, 5.41) is 2.79. The fourth-order valence-electron chi connectivity index (χ4n) is 0.832. The van der Waals surface area contributed by atoms with Gasteiger partial charge < -0.3 is 5.32 Å². The summed E-state index contributed by atoms with van der Waals surface area (Å²) in [5.74, 6) is 1.55. The number of hydrogen-bond acceptors (Lipinski definition) is 3. The number of thioether (sulfide) groups is 1. The van der Waals surface area contributed by atoms with Crippen LogP contribution in [0.25, 0.3) is 0 Å². The van der Waals surface area contributed by atoms with Crippen molar-refractivity contribution in [3.05, 3.63) is 0 Å². The molecular formula is C8H17NOS2. The number of rotatable bonds is 7. The Bertz CT molecular complexity index is 120. The summed E-state index contributed by atoms with van der Waals surface area (Å²) in [5.41, 5.74) is 0. The Labute approximate surface area is 84.3 Å². The van der Waals surface area contributed by atoms with Gasteiger partial charge in [0.05, 0.1) is 5.75 Å². The van der Waals surface area contributed by atoms with E-state index in [-0.39, 0.29) is 5.91 Å². The first-order valence-electron chi connectivity index (χ1n) is 4.17. The van der Waals surface area contributed by atoms with Gasteiger partial charge in [-0.05, 0) is 24.9 Å². The van der Waals surface area contributed by atoms with Crippen LogP contribution in [0.3, 0.4) is 0 Å². The molecule has 12 heavy (non-hydrogen) atoms. The molecule has 0 saturated heterocycles. The standard InChI is InChI=1S/C8H17NOS2/c1-12-6-4-2-3-5-9-8(10)7-11/h11H,2-7H2,1H3,(H,9,10). The Kier molecular flexibility index (Phi) is 9.39. The first-order valence-corrected chi connectivity index (χ1v) is 6.20. The fraction of sp³-hybridized carbons (Fsp3) is 0.875. The van der Waals surface area contributed by atoms with E-state index in [1.807, 2.05) is 11.8 Å². The maximum atomic E-state index is 10.7. The van der Waals surface area contributed by atoms with Crippen LogP contribution in [0.15, 0.2) is 0 Å². The van der Waals surface area contributed by atoms with Crippen LogP contribution in [-0.4, -0.2) is 30.2 Å². The van der Waals surface area contributed by atoms with E-state index >= 15 is 0 Å². The van der Waals surface area contributed by atoms with Crippen LogP contribution in [0.4, 0.5) is 0 Å². The Hall–Kier alpha value is 0.170. The minimum atomic E-state index is 0.0307. The molecule has 0 saturated carbocycles. The molecule has 0 aromatic heterocycles. The van der Waals surface area contributed by atoms with Gasteiger partial charge >= 0.3 is 0 Å². The SMILES string of the molecule is CSCCCCCNC(=O)CS. The summed E-state index contributed by atoms with van der Waals surface area (Å²) in [7, 11) is 0. The molecule has 0 aliphatic heterocycles. The summed E-state index contributed by atoms with van der Waals surface area (Å²) in [6, 6.07) is 0. The molecule has 0 aliphatic carbocycles. The van der Waals surface area contributed by atoms with E-state index in [1.54, 1.807) is 0 Å². The van der Waals surface area contributed by atoms with Gasteiger partial charge in [-0.15, -0.1) is 0 Å². The van der Waals surface area contributed by atoms with Gasteiger partial charge in [0.1, 0.15) is 0 Å². The molecule has 0 radical (unpaired) electrons. The van der Waals surface area contributed by atoms with E-state index in [0.29, 0.717) is 5.75 Å². The molecule has 0 aliphatic rings. The Balaban J connectivity index is 2.95. The summed E-state index contributed by atoms with van der Waals surface area (Å²) < 4.78 is 0. The van der Waals surface area contributed by atoms with Gasteiger partial charge in [-0.2, -0.15) is 24.4 Å². The van der Waals surface area contributed by atoms with Gasteiger partial charge in [-0.25, -0.2) is 0 Å². The van der Waals surface area contributed by atoms with E-state index in [2.05, 4.69) is 24.2 Å². The average Bonchev–Trinajstić information content (AvgIpc) is 2.10. The van der Waals surface area contributed by atoms with Gasteiger partial charge in [0.15, 0.2) is 0 Å². The lowest BCUT2D eigenvalue weighted by molar-refractivity contribution is -0.118. The van der Waals surface area contributed by atoms with E-state index in [1.165, 1.54) is 18.6 Å². The predicted octanol–water partition coefficient (Wildman–Crippen LogP) is 1.57. The number of hydrogen-bond donors (Lipinski definition) is 2. The van der Waals surface area contributed by atoms with Crippen LogP contribution < -0.4 is 5.32 Å². The minimum Gasteiger partial charge on any atom is -0.355 e. The summed E-state index contributed by atoms with van der Waals surface area (Å²) in [4.78, 5) is 10.7. The van der Waals surface area contributed by atoms with Crippen LogP contribution in [0.5, 0.6) is 0 Å². The smallest absolute Gasteiger partial charge is 0.229 e. The molecule has 0 atom stereocenters. The second-order valence-corrected chi connectivity index (χ2v) is 3.86. The van der Waals surface area contributed by atoms with E-state index < -0.39 is 0 Å². The predicted molar refractivity (Wildman–Crippen MR) is 59.1 cm³/mol. The third-order valence-corrected chi connectivity index (χ3v) is 2.48. The van der Waals surface area contributed by atoms with Crippen molar-refractivity contribution in [2.24, 2.45) is 0 Å². The maximum absolute atomic E-state index is 10.7. The maximum Gasteiger partial charge on any atom is 0.229 e. The van der Waals surface area contributed by atoms with Gasteiger partial charge in [-0.3, -0.25) is 4.79 Å². The second-order valence-electron chi connectivity index (χ2n) is 2.56. The van der Waals surface area contributed by atoms with Gasteiger partial charge in [0.2, 0.25) is 5.91 Å². The molecular weight excluding hydrogens is 190 g/mol. The topological polar surface area (TPSA) is 29.1 Å². The Morgan fingerprint density at radius 2 is 2.17 bits per heavy atom. The first kappa shape index (κ1) is 12.2. The van der Waals surface area contributed by atoms with Crippen molar-refractivity contribution in [3.8, 4) is 0 Å². The van der Waals surface area contributed by atoms with E-state index in [4.69, 9.17) is 0 Å². The number of carbonyl (C=O) groups is 1. The summed E-state index contributed by atoms with van der Waals surface area (Å²) in [6.07, 6.45) is 5.65. The van der Waals surface area contributed by atoms with Gasteiger partial charge in [-0.1, -0.05) is 6.42 Å². The number of amides is 1. The van der Waals surface area contributed by atoms with Crippen molar-refractivity contribution >= 4 is 30.3 Å². The lowest BCUT2D eigenvalue weighted by Crippen LogP contribution is -2.25. The average molecular weight is 207 g/mol. The Morgan fingerprint density at radius 3 is 2.75 bits per heavy atom. The molecule has 0 spiro atoms. The van der Waals surface area contributed by atoms with Crippen molar-refractivity contribution in [1.82, 2.24) is 5.32 Å². The van der Waals surface area contributed by atoms with Gasteiger partial charge in [0, 0.05) is 6.54 Å². The number of nitrogens with one attached hydrogen (secondary N) is 1. The molecule has 1 amide bonds. The normalized spacial score (nSPS) is 9.83. The molecule has 2 nitrogen and oxygen atoms in total. The monoisotopic (exact) mass is 207 g/mol. The molecule has 0 aromatic rings. The van der Waals surface area contributed by atoms with Crippen molar-refractivity contribution in [3.63, 3.8) is 0 Å². The van der Waals surface area contributed by atoms with Crippen molar-refractivity contribution < 1.29 is 4.79 Å². The van der Waals surface area contributed by atoms with Crippen LogP contribution in [-0.2, 0) is 4.79 Å². The van der Waals surface area contributed by atoms with Crippen LogP contribution in [0, 0.1) is 0 Å². The molecule has 4 heteroatoms. The largest absolute Gasteiger partial charge is 0.355 e. The lowest BCUT2D eigenvalue weighted by atomic mass is 10.2. The zero-order chi connectivity index (χ0) is 9.23. The highest BCUT2D eigenvalue weighted by atomic mass is 32.2. The van der Waals surface area contributed by atoms with E-state index in [9.17, 15) is 4.79 Å². The lowest BCUT2D eigenvalue weighted by Gasteiger charge is -2.02. The number of unbranched alkanes of at least 4 members (excludes halogenated alkanes) is 2. The highest BCUT2D eigenvalue weighted by Gasteiger charge is 1.94. The van der Waals surface area contributed by atoms with Crippen LogP contribution in [0.2, 0.25) is 0 Å². The van der Waals surface area contributed by atoms with Crippen LogP contribution in [0.1, 0.15) is 19.3 Å². The zero-order valence-electron chi connectivity index (χ0n) is 7.51. The molecule has 72 valence electrons. The van der Waals surface area contributed by atoms with Crippen molar-refractivity contribution in [1.29, 1.82) is 0 Å². The van der Waals surface area contributed by atoms with E-state index in [0.717, 1.165) is 13.0 Å². The summed E-state index contributed by atoms with van der Waals surface area (Å²) in [6.45, 7) is 0.799. The third-order valence-electron chi connectivity index (χ3n) is 1.49. The number of thiol groups is 1. The highest BCUT2D eigenvalue weighted by Crippen LogP contribution is 2.00. The molecule has 0 fully saturated rings. The van der Waals surface area contributed by atoms with Gasteiger partial charge in [0.25, 0.3) is 0 Å². The quantitative estimate of drug-likeness (QED) is 0.490. The molecule has 0 aromatic carbocycles. The molecule has 0 heterocycles. The summed E-state index contributed by atoms with van der Waals surface area (Å²) >= 11 is 5.73. The van der Waals surface area contributed by atoms with Crippen molar-refractivity contribution in [2.75, 3.05) is 24.3 Å². The molecule has 0 unspecified atom stereocenters. The molecule has 0 bridgehead atoms.